The van der Waals surface area contributed by atoms with Crippen molar-refractivity contribution in [2.75, 3.05) is 0 Å². The van der Waals surface area contributed by atoms with E-state index < -0.39 is 0 Å². The van der Waals surface area contributed by atoms with Gasteiger partial charge in [0.1, 0.15) is 0 Å². The number of hydrogen-bond acceptors (Lipinski definition) is 2. The van der Waals surface area contributed by atoms with Crippen LogP contribution < -0.4 is 0 Å². The van der Waals surface area contributed by atoms with Gasteiger partial charge in [0.25, 0.3) is 0 Å². The third-order valence-electron chi connectivity index (χ3n) is 8.41. The van der Waals surface area contributed by atoms with E-state index in [9.17, 15) is 0 Å². The molecule has 4 heteroatoms. The molecule has 43 heavy (non-hydrogen) atoms. The first kappa shape index (κ1) is 26.9. The highest BCUT2D eigenvalue weighted by atomic mass is 15.3. The Morgan fingerprint density at radius 1 is 0.535 bits per heavy atom. The lowest BCUT2D eigenvalue weighted by molar-refractivity contribution is 0.591. The zero-order chi connectivity index (χ0) is 29.7. The molecule has 0 aliphatic heterocycles. The predicted octanol–water partition coefficient (Wildman–Crippen LogP) is 10.1. The molecule has 0 unspecified atom stereocenters. The van der Waals surface area contributed by atoms with E-state index in [-0.39, 0.29) is 5.41 Å². The Labute approximate surface area is 253 Å². The minimum atomic E-state index is 0.0766. The van der Waals surface area contributed by atoms with Crippen molar-refractivity contribution in [1.29, 1.82) is 0 Å². The summed E-state index contributed by atoms with van der Waals surface area (Å²) < 4.78 is 4.54. The molecule has 2 aromatic heterocycles. The van der Waals surface area contributed by atoms with E-state index in [4.69, 9.17) is 5.10 Å². The molecule has 212 valence electrons. The van der Waals surface area contributed by atoms with Gasteiger partial charge in [-0.1, -0.05) is 95.3 Å². The standard InChI is InChI=1S/C39H36N4/c1-26(2)29-18-22-35-33(24-29)34-25-30(39(3,4)5)19-23-36(34)42(35)32-20-16-28(17-21-32)38-41-40-37(27-12-8-6-9-13-27)43(38)31-14-10-7-11-15-31/h6-26H,1-5H3. The second-order valence-electron chi connectivity index (χ2n) is 12.7. The fourth-order valence-electron chi connectivity index (χ4n) is 5.97. The predicted molar refractivity (Wildman–Crippen MR) is 179 cm³/mol. The zero-order valence-electron chi connectivity index (χ0n) is 25.4. The quantitative estimate of drug-likeness (QED) is 0.210. The van der Waals surface area contributed by atoms with Crippen LogP contribution in [0.3, 0.4) is 0 Å². The van der Waals surface area contributed by atoms with Gasteiger partial charge in [-0.15, -0.1) is 10.2 Å². The largest absolute Gasteiger partial charge is 0.309 e. The minimum Gasteiger partial charge on any atom is -0.309 e. The molecule has 4 nitrogen and oxygen atoms in total. The Morgan fingerprint density at radius 3 is 1.67 bits per heavy atom. The van der Waals surface area contributed by atoms with E-state index in [1.165, 1.54) is 32.9 Å². The molecule has 7 aromatic rings. The maximum absolute atomic E-state index is 4.70. The van der Waals surface area contributed by atoms with Crippen molar-refractivity contribution in [3.63, 3.8) is 0 Å². The Bertz CT molecular complexity index is 2060. The summed E-state index contributed by atoms with van der Waals surface area (Å²) in [5, 5.41) is 11.9. The maximum Gasteiger partial charge on any atom is 0.168 e. The molecule has 0 bridgehead atoms. The van der Waals surface area contributed by atoms with Crippen molar-refractivity contribution >= 4 is 21.8 Å². The summed E-state index contributed by atoms with van der Waals surface area (Å²) in [6, 6.07) is 43.2. The van der Waals surface area contributed by atoms with E-state index in [1.54, 1.807) is 0 Å². The summed E-state index contributed by atoms with van der Waals surface area (Å²) in [4.78, 5) is 0. The Kier molecular flexibility index (Phi) is 6.50. The van der Waals surface area contributed by atoms with Crippen LogP contribution in [0.25, 0.3) is 56.0 Å². The minimum absolute atomic E-state index is 0.0766. The van der Waals surface area contributed by atoms with E-state index in [1.807, 2.05) is 24.3 Å². The molecule has 0 N–H and O–H groups in total. The van der Waals surface area contributed by atoms with Crippen molar-refractivity contribution in [3.8, 4) is 34.2 Å². The molecule has 0 spiro atoms. The van der Waals surface area contributed by atoms with Crippen molar-refractivity contribution in [2.24, 2.45) is 0 Å². The summed E-state index contributed by atoms with van der Waals surface area (Å²) >= 11 is 0. The average molecular weight is 561 g/mol. The maximum atomic E-state index is 4.70. The molecule has 0 saturated heterocycles. The molecule has 0 saturated carbocycles. The van der Waals surface area contributed by atoms with Gasteiger partial charge in [-0.25, -0.2) is 0 Å². The number of fused-ring (bicyclic) bond motifs is 3. The molecule has 0 atom stereocenters. The molecular formula is C39H36N4. The average Bonchev–Trinajstić information content (AvgIpc) is 3.61. The lowest BCUT2D eigenvalue weighted by Gasteiger charge is -2.19. The van der Waals surface area contributed by atoms with Crippen LogP contribution in [0.2, 0.25) is 0 Å². The summed E-state index contributed by atoms with van der Waals surface area (Å²) in [5.41, 5.74) is 9.42. The monoisotopic (exact) mass is 560 g/mol. The fourth-order valence-corrected chi connectivity index (χ4v) is 5.97. The highest BCUT2D eigenvalue weighted by Crippen LogP contribution is 2.37. The Hall–Kier alpha value is -4.96. The van der Waals surface area contributed by atoms with Gasteiger partial charge < -0.3 is 4.57 Å². The number of para-hydroxylation sites is 1. The van der Waals surface area contributed by atoms with Gasteiger partial charge in [-0.05, 0) is 83.1 Å². The van der Waals surface area contributed by atoms with Crippen LogP contribution in [-0.2, 0) is 5.41 Å². The van der Waals surface area contributed by atoms with Crippen LogP contribution in [0.15, 0.2) is 121 Å². The first-order chi connectivity index (χ1) is 20.8. The van der Waals surface area contributed by atoms with Crippen LogP contribution in [0.5, 0.6) is 0 Å². The summed E-state index contributed by atoms with van der Waals surface area (Å²) in [6.45, 7) is 11.4. The van der Waals surface area contributed by atoms with Gasteiger partial charge in [0.05, 0.1) is 11.0 Å². The molecule has 5 aromatic carbocycles. The number of hydrogen-bond donors (Lipinski definition) is 0. The van der Waals surface area contributed by atoms with E-state index in [2.05, 4.69) is 146 Å². The third kappa shape index (κ3) is 4.73. The van der Waals surface area contributed by atoms with Crippen LogP contribution in [0.1, 0.15) is 51.7 Å². The van der Waals surface area contributed by atoms with E-state index in [0.717, 1.165) is 34.2 Å². The normalized spacial score (nSPS) is 12.0. The lowest BCUT2D eigenvalue weighted by Crippen LogP contribution is -2.10. The van der Waals surface area contributed by atoms with Gasteiger partial charge in [0.15, 0.2) is 11.6 Å². The number of rotatable bonds is 5. The molecule has 0 amide bonds. The van der Waals surface area contributed by atoms with Gasteiger partial charge in [-0.3, -0.25) is 4.57 Å². The Morgan fingerprint density at radius 2 is 1.07 bits per heavy atom. The molecular weight excluding hydrogens is 524 g/mol. The fraction of sp³-hybridized carbons (Fsp3) is 0.179. The first-order valence-corrected chi connectivity index (χ1v) is 15.1. The summed E-state index contributed by atoms with van der Waals surface area (Å²) in [6.07, 6.45) is 0. The number of benzene rings is 5. The smallest absolute Gasteiger partial charge is 0.168 e. The second kappa shape index (κ2) is 10.4. The highest BCUT2D eigenvalue weighted by Gasteiger charge is 2.20. The Balaban J connectivity index is 1.39. The summed E-state index contributed by atoms with van der Waals surface area (Å²) in [5.74, 6) is 2.11. The van der Waals surface area contributed by atoms with Crippen molar-refractivity contribution in [3.05, 3.63) is 132 Å². The number of aromatic nitrogens is 4. The van der Waals surface area contributed by atoms with Gasteiger partial charge in [0.2, 0.25) is 0 Å². The van der Waals surface area contributed by atoms with E-state index in [0.29, 0.717) is 5.92 Å². The van der Waals surface area contributed by atoms with Crippen LogP contribution >= 0.6 is 0 Å². The topological polar surface area (TPSA) is 35.6 Å². The van der Waals surface area contributed by atoms with Crippen LogP contribution in [0.4, 0.5) is 0 Å². The molecule has 0 radical (unpaired) electrons. The molecule has 0 fully saturated rings. The second-order valence-corrected chi connectivity index (χ2v) is 12.7. The first-order valence-electron chi connectivity index (χ1n) is 15.1. The molecule has 2 heterocycles. The van der Waals surface area contributed by atoms with Crippen molar-refractivity contribution in [1.82, 2.24) is 19.3 Å². The van der Waals surface area contributed by atoms with E-state index >= 15 is 0 Å². The van der Waals surface area contributed by atoms with Crippen LogP contribution in [-0.4, -0.2) is 19.3 Å². The van der Waals surface area contributed by atoms with Gasteiger partial charge in [0, 0.05) is 33.3 Å². The van der Waals surface area contributed by atoms with Gasteiger partial charge >= 0.3 is 0 Å². The molecule has 7 rings (SSSR count). The number of nitrogens with zero attached hydrogens (tertiary/aromatic N) is 4. The third-order valence-corrected chi connectivity index (χ3v) is 8.41. The van der Waals surface area contributed by atoms with Gasteiger partial charge in [-0.2, -0.15) is 0 Å². The summed E-state index contributed by atoms with van der Waals surface area (Å²) in [7, 11) is 0. The van der Waals surface area contributed by atoms with Crippen molar-refractivity contribution < 1.29 is 0 Å². The SMILES string of the molecule is CC(C)c1ccc2c(c1)c1cc(C(C)(C)C)ccc1n2-c1ccc(-c2nnc(-c3ccccc3)n2-c2ccccc2)cc1. The molecule has 0 aliphatic carbocycles. The van der Waals surface area contributed by atoms with Crippen LogP contribution in [0, 0.1) is 0 Å². The van der Waals surface area contributed by atoms with Crippen molar-refractivity contribution in [2.45, 2.75) is 46.0 Å². The lowest BCUT2D eigenvalue weighted by atomic mass is 9.86. The highest BCUT2D eigenvalue weighted by molar-refractivity contribution is 6.09. The zero-order valence-corrected chi connectivity index (χ0v) is 25.4. The molecule has 0 aliphatic rings.